The van der Waals surface area contributed by atoms with Crippen LogP contribution in [0.25, 0.3) is 0 Å². The number of hydrogen-bond donors (Lipinski definition) is 2. The first-order valence-electron chi connectivity index (χ1n) is 6.36. The average molecular weight is 319 g/mol. The Kier molecular flexibility index (Phi) is 4.48. The number of carbonyl (C=O) groups is 1. The lowest BCUT2D eigenvalue weighted by Crippen LogP contribution is -2.48. The van der Waals surface area contributed by atoms with Crippen LogP contribution in [0.4, 0.5) is 0 Å². The summed E-state index contributed by atoms with van der Waals surface area (Å²) in [7, 11) is -3.66. The van der Waals surface area contributed by atoms with Crippen molar-refractivity contribution in [2.45, 2.75) is 30.1 Å². The summed E-state index contributed by atoms with van der Waals surface area (Å²) in [5.74, 6) is -2.23. The molecule has 8 heteroatoms. The number of aliphatic hydroxyl groups is 1. The van der Waals surface area contributed by atoms with Gasteiger partial charge in [0.1, 0.15) is 4.21 Å². The van der Waals surface area contributed by atoms with Crippen LogP contribution >= 0.6 is 11.3 Å². The second-order valence-corrected chi connectivity index (χ2v) is 8.07. The van der Waals surface area contributed by atoms with Crippen LogP contribution in [-0.2, 0) is 21.2 Å². The topological polar surface area (TPSA) is 94.9 Å². The van der Waals surface area contributed by atoms with E-state index >= 15 is 0 Å². The minimum atomic E-state index is -3.66. The van der Waals surface area contributed by atoms with Gasteiger partial charge in [-0.15, -0.1) is 11.3 Å². The fraction of sp³-hybridized carbons (Fsp3) is 0.583. The van der Waals surface area contributed by atoms with Gasteiger partial charge in [0.2, 0.25) is 0 Å². The molecule has 0 aliphatic carbocycles. The fourth-order valence-electron chi connectivity index (χ4n) is 2.18. The summed E-state index contributed by atoms with van der Waals surface area (Å²) >= 11 is 1.20. The van der Waals surface area contributed by atoms with Gasteiger partial charge in [-0.3, -0.25) is 4.79 Å². The van der Waals surface area contributed by atoms with Crippen LogP contribution in [0.15, 0.2) is 16.3 Å². The van der Waals surface area contributed by atoms with Crippen molar-refractivity contribution in [1.82, 2.24) is 4.31 Å². The number of hydrogen-bond acceptors (Lipinski definition) is 5. The SMILES string of the molecule is CCc1ccc(S(=O)(=O)N2CC[C@@H](O)[C@@H](C(=O)O)C2)s1. The van der Waals surface area contributed by atoms with E-state index in [4.69, 9.17) is 5.11 Å². The lowest BCUT2D eigenvalue weighted by molar-refractivity contribution is -0.147. The van der Waals surface area contributed by atoms with Crippen molar-refractivity contribution in [2.75, 3.05) is 13.1 Å². The highest BCUT2D eigenvalue weighted by Gasteiger charge is 2.38. The Morgan fingerprint density at radius 1 is 1.50 bits per heavy atom. The third kappa shape index (κ3) is 2.88. The van der Waals surface area contributed by atoms with Crippen LogP contribution in [0.5, 0.6) is 0 Å². The summed E-state index contributed by atoms with van der Waals surface area (Å²) in [4.78, 5) is 12.0. The van der Waals surface area contributed by atoms with Gasteiger partial charge in [0.25, 0.3) is 10.0 Å². The number of aliphatic hydroxyl groups excluding tert-OH is 1. The molecule has 0 amide bonds. The third-order valence-corrected chi connectivity index (χ3v) is 7.00. The van der Waals surface area contributed by atoms with Crippen molar-refractivity contribution >= 4 is 27.3 Å². The van der Waals surface area contributed by atoms with Crippen molar-refractivity contribution in [2.24, 2.45) is 5.92 Å². The van der Waals surface area contributed by atoms with Crippen LogP contribution in [0.1, 0.15) is 18.2 Å². The number of carboxylic acid groups (broad SMARTS) is 1. The monoisotopic (exact) mass is 319 g/mol. The van der Waals surface area contributed by atoms with Crippen molar-refractivity contribution in [3.8, 4) is 0 Å². The summed E-state index contributed by atoms with van der Waals surface area (Å²) in [6, 6.07) is 3.32. The molecule has 1 aliphatic heterocycles. The summed E-state index contributed by atoms with van der Waals surface area (Å²) < 4.78 is 26.3. The lowest BCUT2D eigenvalue weighted by Gasteiger charge is -2.32. The highest BCUT2D eigenvalue weighted by molar-refractivity contribution is 7.91. The second-order valence-electron chi connectivity index (χ2n) is 4.74. The Labute approximate surface area is 121 Å². The predicted octanol–water partition coefficient (Wildman–Crippen LogP) is 0.767. The van der Waals surface area contributed by atoms with Gasteiger partial charge >= 0.3 is 5.97 Å². The van der Waals surface area contributed by atoms with Crippen LogP contribution < -0.4 is 0 Å². The molecule has 20 heavy (non-hydrogen) atoms. The molecule has 2 N–H and O–H groups in total. The molecule has 2 rings (SSSR count). The van der Waals surface area contributed by atoms with Crippen molar-refractivity contribution < 1.29 is 23.4 Å². The summed E-state index contributed by atoms with van der Waals surface area (Å²) in [5, 5.41) is 18.7. The van der Waals surface area contributed by atoms with Crippen LogP contribution in [0.3, 0.4) is 0 Å². The quantitative estimate of drug-likeness (QED) is 0.854. The lowest BCUT2D eigenvalue weighted by atomic mass is 9.96. The largest absolute Gasteiger partial charge is 0.481 e. The summed E-state index contributed by atoms with van der Waals surface area (Å²) in [5.41, 5.74) is 0. The molecular weight excluding hydrogens is 302 g/mol. The molecule has 0 spiro atoms. The van der Waals surface area contributed by atoms with Gasteiger partial charge in [-0.25, -0.2) is 8.42 Å². The van der Waals surface area contributed by atoms with Gasteiger partial charge < -0.3 is 10.2 Å². The van der Waals surface area contributed by atoms with Crippen LogP contribution in [0, 0.1) is 5.92 Å². The zero-order valence-corrected chi connectivity index (χ0v) is 12.7. The molecule has 112 valence electrons. The van der Waals surface area contributed by atoms with E-state index in [1.807, 2.05) is 6.92 Å². The molecule has 0 radical (unpaired) electrons. The first-order chi connectivity index (χ1) is 9.36. The fourth-order valence-corrected chi connectivity index (χ4v) is 5.12. The molecule has 2 atom stereocenters. The van der Waals surface area contributed by atoms with E-state index < -0.39 is 28.0 Å². The number of nitrogens with zero attached hydrogens (tertiary/aromatic N) is 1. The maximum atomic E-state index is 12.5. The number of rotatable bonds is 4. The van der Waals surface area contributed by atoms with Gasteiger partial charge in [-0.1, -0.05) is 6.92 Å². The number of aliphatic carboxylic acids is 1. The number of carboxylic acids is 1. The van der Waals surface area contributed by atoms with E-state index in [2.05, 4.69) is 0 Å². The molecule has 1 aromatic heterocycles. The predicted molar refractivity (Wildman–Crippen MR) is 74.2 cm³/mol. The molecule has 1 aliphatic rings. The van der Waals surface area contributed by atoms with Crippen LogP contribution in [0.2, 0.25) is 0 Å². The summed E-state index contributed by atoms with van der Waals surface area (Å²) in [6.45, 7) is 1.91. The zero-order valence-electron chi connectivity index (χ0n) is 11.0. The number of aryl methyl sites for hydroxylation is 1. The van der Waals surface area contributed by atoms with Gasteiger partial charge in [-0.2, -0.15) is 4.31 Å². The van der Waals surface area contributed by atoms with E-state index in [0.29, 0.717) is 0 Å². The van der Waals surface area contributed by atoms with E-state index in [9.17, 15) is 18.3 Å². The average Bonchev–Trinajstić information content (AvgIpc) is 2.88. The van der Waals surface area contributed by atoms with Gasteiger partial charge in [-0.05, 0) is 25.0 Å². The smallest absolute Gasteiger partial charge is 0.310 e. The molecular formula is C12H17NO5S2. The second kappa shape index (κ2) is 5.80. The number of thiophene rings is 1. The zero-order chi connectivity index (χ0) is 14.9. The van der Waals surface area contributed by atoms with E-state index in [0.717, 1.165) is 15.6 Å². The van der Waals surface area contributed by atoms with Crippen LogP contribution in [-0.4, -0.2) is 48.1 Å². The molecule has 0 unspecified atom stereocenters. The van der Waals surface area contributed by atoms with E-state index in [1.165, 1.54) is 11.3 Å². The van der Waals surface area contributed by atoms with E-state index in [-0.39, 0.29) is 23.7 Å². The van der Waals surface area contributed by atoms with Crippen molar-refractivity contribution in [3.05, 3.63) is 17.0 Å². The minimum Gasteiger partial charge on any atom is -0.481 e. The van der Waals surface area contributed by atoms with Crippen molar-refractivity contribution in [1.29, 1.82) is 0 Å². The number of piperidine rings is 1. The molecule has 1 saturated heterocycles. The molecule has 2 heterocycles. The Morgan fingerprint density at radius 3 is 2.75 bits per heavy atom. The molecule has 1 fully saturated rings. The highest BCUT2D eigenvalue weighted by Crippen LogP contribution is 2.28. The van der Waals surface area contributed by atoms with Gasteiger partial charge in [0.05, 0.1) is 12.0 Å². The Hall–Kier alpha value is -0.960. The Morgan fingerprint density at radius 2 is 2.20 bits per heavy atom. The Bertz CT molecular complexity index is 595. The molecule has 0 saturated carbocycles. The molecule has 0 aromatic carbocycles. The van der Waals surface area contributed by atoms with E-state index in [1.54, 1.807) is 12.1 Å². The summed E-state index contributed by atoms with van der Waals surface area (Å²) in [6.07, 6.45) is -0.0905. The molecule has 0 bridgehead atoms. The first-order valence-corrected chi connectivity index (χ1v) is 8.61. The van der Waals surface area contributed by atoms with Gasteiger partial charge in [0, 0.05) is 18.0 Å². The minimum absolute atomic E-state index is 0.141. The van der Waals surface area contributed by atoms with Crippen molar-refractivity contribution in [3.63, 3.8) is 0 Å². The maximum Gasteiger partial charge on any atom is 0.310 e. The maximum absolute atomic E-state index is 12.5. The Balaban J connectivity index is 2.23. The normalized spacial score (nSPS) is 24.7. The molecule has 1 aromatic rings. The molecule has 6 nitrogen and oxygen atoms in total. The first kappa shape index (κ1) is 15.4. The third-order valence-electron chi connectivity index (χ3n) is 3.44. The number of sulfonamides is 1. The standard InChI is InChI=1S/C12H17NO5S2/c1-2-8-3-4-11(19-8)20(17,18)13-6-5-10(14)9(7-13)12(15)16/h3-4,9-10,14H,2,5-7H2,1H3,(H,15,16)/t9-,10+/m0/s1. The highest BCUT2D eigenvalue weighted by atomic mass is 32.2. The van der Waals surface area contributed by atoms with Gasteiger partial charge in [0.15, 0.2) is 0 Å².